The molecule has 0 amide bonds. The van der Waals surface area contributed by atoms with Gasteiger partial charge in [-0.25, -0.2) is 0 Å². The molecule has 0 saturated heterocycles. The van der Waals surface area contributed by atoms with Gasteiger partial charge in [-0.3, -0.25) is 9.89 Å². The van der Waals surface area contributed by atoms with E-state index in [0.29, 0.717) is 0 Å². The summed E-state index contributed by atoms with van der Waals surface area (Å²) in [7, 11) is 0. The van der Waals surface area contributed by atoms with Crippen LogP contribution in [0.5, 0.6) is 0 Å². The first kappa shape index (κ1) is 11.0. The number of H-pyrrole nitrogens is 1. The summed E-state index contributed by atoms with van der Waals surface area (Å²) >= 11 is 0. The van der Waals surface area contributed by atoms with Crippen LogP contribution < -0.4 is 0 Å². The van der Waals surface area contributed by atoms with E-state index in [1.807, 2.05) is 6.92 Å². The van der Waals surface area contributed by atoms with Crippen LogP contribution in [0.15, 0.2) is 0 Å². The Hall–Kier alpha value is -1.03. The normalized spacial score (nSPS) is 19.6. The van der Waals surface area contributed by atoms with Gasteiger partial charge in [-0.1, -0.05) is 0 Å². The number of rotatable bonds is 1. The second-order valence-electron chi connectivity index (χ2n) is 3.49. The molecule has 1 aromatic heterocycles. The lowest BCUT2D eigenvalue weighted by molar-refractivity contribution is -0.139. The van der Waals surface area contributed by atoms with Gasteiger partial charge in [0.05, 0.1) is 11.6 Å². The van der Waals surface area contributed by atoms with Crippen molar-refractivity contribution in [3.63, 3.8) is 0 Å². The lowest BCUT2D eigenvalue weighted by Gasteiger charge is -2.18. The second-order valence-corrected chi connectivity index (χ2v) is 3.49. The van der Waals surface area contributed by atoms with E-state index < -0.39 is 5.97 Å². The molecule has 78 valence electrons. The minimum atomic E-state index is -0.731. The molecule has 0 saturated carbocycles. The third-order valence-electron chi connectivity index (χ3n) is 2.63. The van der Waals surface area contributed by atoms with Crippen molar-refractivity contribution in [3.05, 3.63) is 17.0 Å². The number of nitrogens with one attached hydrogen (secondary N) is 1. The number of hydrogen-bond donors (Lipinski definition) is 2. The van der Waals surface area contributed by atoms with Gasteiger partial charge in [0.2, 0.25) is 0 Å². The van der Waals surface area contributed by atoms with Gasteiger partial charge in [0.15, 0.2) is 0 Å². The zero-order valence-corrected chi connectivity index (χ0v) is 8.73. The first-order chi connectivity index (χ1) is 6.20. The number of halogens is 1. The minimum Gasteiger partial charge on any atom is -0.481 e. The average Bonchev–Trinajstić information content (AvgIpc) is 2.48. The molecule has 1 aliphatic carbocycles. The molecule has 0 aromatic carbocycles. The molecule has 0 aliphatic heterocycles. The third kappa shape index (κ3) is 1.62. The average molecular weight is 217 g/mol. The highest BCUT2D eigenvalue weighted by Crippen LogP contribution is 2.32. The summed E-state index contributed by atoms with van der Waals surface area (Å²) < 4.78 is 0. The molecule has 0 radical (unpaired) electrons. The lowest BCUT2D eigenvalue weighted by Crippen LogP contribution is -2.17. The molecule has 1 aliphatic rings. The molecular formula is C9H13ClN2O2. The van der Waals surface area contributed by atoms with Gasteiger partial charge in [0.1, 0.15) is 0 Å². The minimum absolute atomic E-state index is 0. The van der Waals surface area contributed by atoms with E-state index in [1.54, 1.807) is 0 Å². The van der Waals surface area contributed by atoms with Crippen molar-refractivity contribution < 1.29 is 9.90 Å². The maximum Gasteiger partial charge on any atom is 0.311 e. The summed E-state index contributed by atoms with van der Waals surface area (Å²) in [6, 6.07) is 0. The summed E-state index contributed by atoms with van der Waals surface area (Å²) in [5.74, 6) is -1.08. The number of carboxylic acids is 1. The first-order valence-electron chi connectivity index (χ1n) is 4.46. The summed E-state index contributed by atoms with van der Waals surface area (Å²) in [5.41, 5.74) is 2.76. The maximum absolute atomic E-state index is 10.9. The van der Waals surface area contributed by atoms with Crippen molar-refractivity contribution in [1.29, 1.82) is 0 Å². The van der Waals surface area contributed by atoms with Crippen LogP contribution in [0.1, 0.15) is 35.7 Å². The molecule has 4 nitrogen and oxygen atoms in total. The van der Waals surface area contributed by atoms with E-state index in [9.17, 15) is 4.79 Å². The number of carbonyl (C=O) groups is 1. The fraction of sp³-hybridized carbons (Fsp3) is 0.556. The van der Waals surface area contributed by atoms with Crippen LogP contribution in [-0.4, -0.2) is 21.3 Å². The van der Waals surface area contributed by atoms with Crippen molar-refractivity contribution in [2.45, 2.75) is 32.1 Å². The Morgan fingerprint density at radius 2 is 2.36 bits per heavy atom. The number of carboxylic acid groups (broad SMARTS) is 1. The number of aromatic amines is 1. The first-order valence-corrected chi connectivity index (χ1v) is 4.46. The molecule has 14 heavy (non-hydrogen) atoms. The monoisotopic (exact) mass is 216 g/mol. The van der Waals surface area contributed by atoms with Crippen LogP contribution in [0.2, 0.25) is 0 Å². The predicted octanol–water partition coefficient (Wildman–Crippen LogP) is 1.64. The van der Waals surface area contributed by atoms with Gasteiger partial charge in [-0.15, -0.1) is 12.4 Å². The summed E-state index contributed by atoms with van der Waals surface area (Å²) in [4.78, 5) is 10.9. The Balaban J connectivity index is 0.000000980. The van der Waals surface area contributed by atoms with Crippen molar-refractivity contribution in [2.75, 3.05) is 0 Å². The van der Waals surface area contributed by atoms with E-state index in [4.69, 9.17) is 5.11 Å². The Morgan fingerprint density at radius 1 is 1.64 bits per heavy atom. The van der Waals surface area contributed by atoms with Crippen LogP contribution in [0.25, 0.3) is 0 Å². The predicted molar refractivity (Wildman–Crippen MR) is 53.9 cm³/mol. The fourth-order valence-corrected chi connectivity index (χ4v) is 2.01. The van der Waals surface area contributed by atoms with Crippen LogP contribution >= 0.6 is 12.4 Å². The van der Waals surface area contributed by atoms with Gasteiger partial charge < -0.3 is 5.11 Å². The molecule has 5 heteroatoms. The fourth-order valence-electron chi connectivity index (χ4n) is 2.01. The Kier molecular flexibility index (Phi) is 3.16. The molecule has 0 bridgehead atoms. The van der Waals surface area contributed by atoms with Crippen molar-refractivity contribution in [1.82, 2.24) is 10.2 Å². The molecule has 1 heterocycles. The van der Waals surface area contributed by atoms with Crippen molar-refractivity contribution in [2.24, 2.45) is 0 Å². The van der Waals surface area contributed by atoms with Gasteiger partial charge in [0, 0.05) is 11.3 Å². The van der Waals surface area contributed by atoms with E-state index >= 15 is 0 Å². The standard InChI is InChI=1S/C9H12N2O2.ClH/c1-5-8-6(9(12)13)3-2-4-7(8)11-10-5;/h6H,2-4H2,1H3,(H,10,11)(H,12,13);1H. The van der Waals surface area contributed by atoms with Crippen LogP contribution in [0.4, 0.5) is 0 Å². The van der Waals surface area contributed by atoms with Crippen molar-refractivity contribution >= 4 is 18.4 Å². The molecule has 0 fully saturated rings. The topological polar surface area (TPSA) is 66.0 Å². The smallest absolute Gasteiger partial charge is 0.311 e. The zero-order valence-electron chi connectivity index (χ0n) is 7.91. The molecule has 0 spiro atoms. The van der Waals surface area contributed by atoms with E-state index in [-0.39, 0.29) is 18.3 Å². The Bertz CT molecular complexity index is 349. The highest BCUT2D eigenvalue weighted by Gasteiger charge is 2.29. The zero-order chi connectivity index (χ0) is 9.42. The maximum atomic E-state index is 10.9. The quantitative estimate of drug-likeness (QED) is 0.750. The molecule has 1 atom stereocenters. The SMILES string of the molecule is Cc1[nH]nc2c1C(C(=O)O)CCC2.Cl. The molecule has 2 rings (SSSR count). The number of aromatic nitrogens is 2. The van der Waals surface area contributed by atoms with Crippen LogP contribution in [0.3, 0.4) is 0 Å². The summed E-state index contributed by atoms with van der Waals surface area (Å²) in [5, 5.41) is 15.9. The van der Waals surface area contributed by atoms with Crippen LogP contribution in [-0.2, 0) is 11.2 Å². The Morgan fingerprint density at radius 3 is 3.00 bits per heavy atom. The van der Waals surface area contributed by atoms with Gasteiger partial charge in [-0.05, 0) is 26.2 Å². The number of nitrogens with zero attached hydrogens (tertiary/aromatic N) is 1. The molecule has 1 unspecified atom stereocenters. The number of aliphatic carboxylic acids is 1. The molecule has 2 N–H and O–H groups in total. The van der Waals surface area contributed by atoms with E-state index in [2.05, 4.69) is 10.2 Å². The van der Waals surface area contributed by atoms with Crippen molar-refractivity contribution in [3.8, 4) is 0 Å². The van der Waals surface area contributed by atoms with Gasteiger partial charge in [-0.2, -0.15) is 5.10 Å². The number of aryl methyl sites for hydroxylation is 2. The molecule has 1 aromatic rings. The highest BCUT2D eigenvalue weighted by molar-refractivity contribution is 5.85. The largest absolute Gasteiger partial charge is 0.481 e. The van der Waals surface area contributed by atoms with E-state index in [1.165, 1.54) is 0 Å². The number of fused-ring (bicyclic) bond motifs is 1. The highest BCUT2D eigenvalue weighted by atomic mass is 35.5. The van der Waals surface area contributed by atoms with Crippen LogP contribution in [0, 0.1) is 6.92 Å². The van der Waals surface area contributed by atoms with E-state index in [0.717, 1.165) is 36.2 Å². The molecular weight excluding hydrogens is 204 g/mol. The van der Waals surface area contributed by atoms with Gasteiger partial charge >= 0.3 is 5.97 Å². The second kappa shape index (κ2) is 4.00. The van der Waals surface area contributed by atoms with Gasteiger partial charge in [0.25, 0.3) is 0 Å². The summed E-state index contributed by atoms with van der Waals surface area (Å²) in [6.45, 7) is 1.88. The summed E-state index contributed by atoms with van der Waals surface area (Å²) in [6.07, 6.45) is 2.57. The third-order valence-corrected chi connectivity index (χ3v) is 2.63. The lowest BCUT2D eigenvalue weighted by atomic mass is 9.85. The Labute approximate surface area is 88.1 Å². The number of hydrogen-bond acceptors (Lipinski definition) is 2.